The van der Waals surface area contributed by atoms with Crippen LogP contribution in [0.4, 0.5) is 0 Å². The smallest absolute Gasteiger partial charge is 0.180 e. The molecule has 0 aliphatic heterocycles. The molecule has 0 spiro atoms. The van der Waals surface area contributed by atoms with Crippen molar-refractivity contribution < 1.29 is 4.79 Å². The van der Waals surface area contributed by atoms with Crippen LogP contribution in [0.5, 0.6) is 0 Å². The summed E-state index contributed by atoms with van der Waals surface area (Å²) in [6.45, 7) is 2.13. The van der Waals surface area contributed by atoms with Gasteiger partial charge in [-0.2, -0.15) is 0 Å². The van der Waals surface area contributed by atoms with Gasteiger partial charge in [-0.05, 0) is 49.3 Å². The summed E-state index contributed by atoms with van der Waals surface area (Å²) in [4.78, 5) is 12.4. The molecule has 2 nitrogen and oxygen atoms in total. The first-order valence-electron chi connectivity index (χ1n) is 6.70. The minimum absolute atomic E-state index is 0.0714. The molecule has 0 bridgehead atoms. The molecule has 90 valence electrons. The summed E-state index contributed by atoms with van der Waals surface area (Å²) in [5, 5.41) is 3.47. The number of carbonyl (C=O) groups is 1. The summed E-state index contributed by atoms with van der Waals surface area (Å²) >= 11 is 0. The first-order chi connectivity index (χ1) is 8.28. The van der Waals surface area contributed by atoms with Gasteiger partial charge < -0.3 is 5.32 Å². The van der Waals surface area contributed by atoms with Gasteiger partial charge in [-0.15, -0.1) is 0 Å². The molecule has 1 aromatic rings. The fourth-order valence-electron chi connectivity index (χ4n) is 2.60. The number of hydrogen-bond acceptors (Lipinski definition) is 2. The number of ketones is 1. The number of aryl methyl sites for hydroxylation is 2. The normalized spacial score (nSPS) is 23.6. The third-order valence-electron chi connectivity index (χ3n) is 3.88. The van der Waals surface area contributed by atoms with E-state index in [4.69, 9.17) is 0 Å². The van der Waals surface area contributed by atoms with Crippen LogP contribution in [0.1, 0.15) is 47.7 Å². The highest BCUT2D eigenvalue weighted by Gasteiger charge is 2.32. The lowest BCUT2D eigenvalue weighted by Crippen LogP contribution is -2.41. The fourth-order valence-corrected chi connectivity index (χ4v) is 2.60. The molecular weight excluding hydrogens is 210 g/mol. The molecule has 1 atom stereocenters. The average molecular weight is 229 g/mol. The SMILES string of the molecule is CCc1ccc2c(c1)C(=O)C(NC1CC1)CC2. The molecule has 2 heteroatoms. The molecule has 1 aromatic carbocycles. The highest BCUT2D eigenvalue weighted by atomic mass is 16.1. The van der Waals surface area contributed by atoms with E-state index < -0.39 is 0 Å². The third kappa shape index (κ3) is 2.14. The number of carbonyl (C=O) groups excluding carboxylic acids is 1. The Hall–Kier alpha value is -1.15. The summed E-state index contributed by atoms with van der Waals surface area (Å²) in [5.74, 6) is 0.313. The van der Waals surface area contributed by atoms with Crippen LogP contribution in [-0.4, -0.2) is 17.9 Å². The van der Waals surface area contributed by atoms with Crippen molar-refractivity contribution in [3.8, 4) is 0 Å². The molecule has 17 heavy (non-hydrogen) atoms. The standard InChI is InChI=1S/C15H19NO/c1-2-10-3-4-11-5-8-14(16-12-6-7-12)15(17)13(11)9-10/h3-4,9,12,14,16H,2,5-8H2,1H3. The van der Waals surface area contributed by atoms with Crippen LogP contribution in [0.15, 0.2) is 18.2 Å². The highest BCUT2D eigenvalue weighted by Crippen LogP contribution is 2.26. The Morgan fingerprint density at radius 1 is 1.29 bits per heavy atom. The van der Waals surface area contributed by atoms with Crippen molar-refractivity contribution in [3.63, 3.8) is 0 Å². The lowest BCUT2D eigenvalue weighted by Gasteiger charge is -2.24. The molecule has 3 rings (SSSR count). The zero-order valence-electron chi connectivity index (χ0n) is 10.3. The van der Waals surface area contributed by atoms with Gasteiger partial charge in [0, 0.05) is 11.6 Å². The van der Waals surface area contributed by atoms with Crippen LogP contribution >= 0.6 is 0 Å². The molecule has 1 N–H and O–H groups in total. The zero-order valence-corrected chi connectivity index (χ0v) is 10.3. The van der Waals surface area contributed by atoms with E-state index in [-0.39, 0.29) is 6.04 Å². The summed E-state index contributed by atoms with van der Waals surface area (Å²) in [7, 11) is 0. The Morgan fingerprint density at radius 3 is 2.82 bits per heavy atom. The van der Waals surface area contributed by atoms with Gasteiger partial charge in [0.15, 0.2) is 5.78 Å². The van der Waals surface area contributed by atoms with Crippen LogP contribution in [-0.2, 0) is 12.8 Å². The molecule has 2 aliphatic rings. The van der Waals surface area contributed by atoms with E-state index in [9.17, 15) is 4.79 Å². The minimum atomic E-state index is 0.0714. The van der Waals surface area contributed by atoms with Crippen molar-refractivity contribution in [2.24, 2.45) is 0 Å². The van der Waals surface area contributed by atoms with Crippen molar-refractivity contribution in [3.05, 3.63) is 34.9 Å². The molecule has 0 heterocycles. The highest BCUT2D eigenvalue weighted by molar-refractivity contribution is 6.02. The van der Waals surface area contributed by atoms with Crippen molar-refractivity contribution in [2.75, 3.05) is 0 Å². The maximum Gasteiger partial charge on any atom is 0.180 e. The second-order valence-corrected chi connectivity index (χ2v) is 5.24. The van der Waals surface area contributed by atoms with Crippen molar-refractivity contribution >= 4 is 5.78 Å². The van der Waals surface area contributed by atoms with Crippen LogP contribution in [0.25, 0.3) is 0 Å². The Bertz CT molecular complexity index is 448. The van der Waals surface area contributed by atoms with E-state index in [0.29, 0.717) is 11.8 Å². The predicted octanol–water partition coefficient (Wildman–Crippen LogP) is 2.50. The second-order valence-electron chi connectivity index (χ2n) is 5.24. The van der Waals surface area contributed by atoms with E-state index in [0.717, 1.165) is 24.8 Å². The number of fused-ring (bicyclic) bond motifs is 1. The number of nitrogens with one attached hydrogen (secondary N) is 1. The van der Waals surface area contributed by atoms with E-state index in [1.54, 1.807) is 0 Å². The monoisotopic (exact) mass is 229 g/mol. The van der Waals surface area contributed by atoms with Gasteiger partial charge >= 0.3 is 0 Å². The van der Waals surface area contributed by atoms with Gasteiger partial charge in [0.05, 0.1) is 6.04 Å². The first kappa shape index (κ1) is 11.0. The van der Waals surface area contributed by atoms with Crippen LogP contribution in [0.3, 0.4) is 0 Å². The van der Waals surface area contributed by atoms with E-state index >= 15 is 0 Å². The second kappa shape index (κ2) is 4.26. The maximum absolute atomic E-state index is 12.4. The van der Waals surface area contributed by atoms with Gasteiger partial charge in [-0.25, -0.2) is 0 Å². The predicted molar refractivity (Wildman–Crippen MR) is 68.4 cm³/mol. The van der Waals surface area contributed by atoms with Crippen LogP contribution in [0.2, 0.25) is 0 Å². The summed E-state index contributed by atoms with van der Waals surface area (Å²) < 4.78 is 0. The molecular formula is C15H19NO. The van der Waals surface area contributed by atoms with Crippen molar-refractivity contribution in [2.45, 2.75) is 51.1 Å². The quantitative estimate of drug-likeness (QED) is 0.862. The van der Waals surface area contributed by atoms with Gasteiger partial charge in [0.25, 0.3) is 0 Å². The molecule has 1 unspecified atom stereocenters. The minimum Gasteiger partial charge on any atom is -0.304 e. The first-order valence-corrected chi connectivity index (χ1v) is 6.70. The molecule has 0 aromatic heterocycles. The Labute approximate surface area is 102 Å². The molecule has 0 saturated heterocycles. The number of benzene rings is 1. The summed E-state index contributed by atoms with van der Waals surface area (Å²) in [6, 6.07) is 7.07. The molecule has 0 radical (unpaired) electrons. The van der Waals surface area contributed by atoms with Gasteiger partial charge in [0.1, 0.15) is 0 Å². The van der Waals surface area contributed by atoms with Gasteiger partial charge in [0.2, 0.25) is 0 Å². The van der Waals surface area contributed by atoms with Gasteiger partial charge in [-0.3, -0.25) is 4.79 Å². The van der Waals surface area contributed by atoms with Crippen molar-refractivity contribution in [1.29, 1.82) is 0 Å². The Morgan fingerprint density at radius 2 is 2.12 bits per heavy atom. The maximum atomic E-state index is 12.4. The third-order valence-corrected chi connectivity index (χ3v) is 3.88. The largest absolute Gasteiger partial charge is 0.304 e. The van der Waals surface area contributed by atoms with E-state index in [1.807, 2.05) is 0 Å². The lowest BCUT2D eigenvalue weighted by molar-refractivity contribution is 0.0927. The summed E-state index contributed by atoms with van der Waals surface area (Å²) in [5.41, 5.74) is 3.47. The van der Waals surface area contributed by atoms with Crippen molar-refractivity contribution in [1.82, 2.24) is 5.32 Å². The van der Waals surface area contributed by atoms with E-state index in [1.165, 1.54) is 24.0 Å². The number of hydrogen-bond donors (Lipinski definition) is 1. The number of rotatable bonds is 3. The topological polar surface area (TPSA) is 29.1 Å². The van der Waals surface area contributed by atoms with Crippen LogP contribution in [0, 0.1) is 0 Å². The van der Waals surface area contributed by atoms with E-state index in [2.05, 4.69) is 30.4 Å². The van der Waals surface area contributed by atoms with Gasteiger partial charge in [-0.1, -0.05) is 19.1 Å². The van der Waals surface area contributed by atoms with Crippen LogP contribution < -0.4 is 5.32 Å². The molecule has 1 fully saturated rings. The Balaban J connectivity index is 1.86. The molecule has 0 amide bonds. The fraction of sp³-hybridized carbons (Fsp3) is 0.533. The number of Topliss-reactive ketones (excluding diaryl/α,β-unsaturated/α-hetero) is 1. The average Bonchev–Trinajstić information content (AvgIpc) is 3.16. The molecule has 1 saturated carbocycles. The Kier molecular flexibility index (Phi) is 2.75. The lowest BCUT2D eigenvalue weighted by atomic mass is 9.86. The summed E-state index contributed by atoms with van der Waals surface area (Å²) in [6.07, 6.45) is 5.49. The zero-order chi connectivity index (χ0) is 11.8. The molecule has 2 aliphatic carbocycles.